The number of aromatic nitrogens is 1. The van der Waals surface area contributed by atoms with Gasteiger partial charge in [0, 0.05) is 25.8 Å². The number of carbonyl (C=O) groups excluding carboxylic acids is 1. The Balaban J connectivity index is 2.31. The fourth-order valence-electron chi connectivity index (χ4n) is 2.62. The van der Waals surface area contributed by atoms with Gasteiger partial charge in [-0.25, -0.2) is 13.6 Å². The number of piperidine rings is 1. The zero-order valence-electron chi connectivity index (χ0n) is 11.9. The summed E-state index contributed by atoms with van der Waals surface area (Å²) in [4.78, 5) is 14.3. The second-order valence-corrected chi connectivity index (χ2v) is 6.95. The lowest BCUT2D eigenvalue weighted by Gasteiger charge is -2.31. The average Bonchev–Trinajstić information content (AvgIpc) is 2.81. The van der Waals surface area contributed by atoms with Crippen molar-refractivity contribution in [2.24, 2.45) is 11.1 Å². The van der Waals surface area contributed by atoms with Crippen LogP contribution in [-0.2, 0) is 16.6 Å². The van der Waals surface area contributed by atoms with Gasteiger partial charge in [0.15, 0.2) is 0 Å². The van der Waals surface area contributed by atoms with Crippen LogP contribution in [0.3, 0.4) is 0 Å². The molecule has 1 amide bonds. The van der Waals surface area contributed by atoms with Gasteiger partial charge in [-0.1, -0.05) is 6.92 Å². The van der Waals surface area contributed by atoms with E-state index < -0.39 is 10.0 Å². The van der Waals surface area contributed by atoms with E-state index >= 15 is 0 Å². The molecule has 1 saturated heterocycles. The molecular weight excluding hydrogens is 278 g/mol. The highest BCUT2D eigenvalue weighted by Crippen LogP contribution is 2.20. The van der Waals surface area contributed by atoms with E-state index in [0.29, 0.717) is 18.2 Å². The molecule has 1 aliphatic heterocycles. The van der Waals surface area contributed by atoms with E-state index in [1.165, 1.54) is 12.3 Å². The summed E-state index contributed by atoms with van der Waals surface area (Å²) in [6.45, 7) is 5.96. The van der Waals surface area contributed by atoms with Gasteiger partial charge in [-0.05, 0) is 31.7 Å². The van der Waals surface area contributed by atoms with Crippen molar-refractivity contribution in [3.8, 4) is 0 Å². The van der Waals surface area contributed by atoms with Crippen molar-refractivity contribution < 1.29 is 13.2 Å². The predicted molar refractivity (Wildman–Crippen MR) is 75.8 cm³/mol. The zero-order valence-corrected chi connectivity index (χ0v) is 12.7. The van der Waals surface area contributed by atoms with Crippen LogP contribution in [0, 0.1) is 5.92 Å². The smallest absolute Gasteiger partial charge is 0.270 e. The maximum Gasteiger partial charge on any atom is 0.270 e. The number of nitrogens with zero attached hydrogens (tertiary/aromatic N) is 2. The Bertz CT molecular complexity index is 606. The molecule has 0 spiro atoms. The Morgan fingerprint density at radius 2 is 2.20 bits per heavy atom. The molecule has 1 aliphatic rings. The normalized spacial score (nSPS) is 20.1. The van der Waals surface area contributed by atoms with Gasteiger partial charge in [-0.15, -0.1) is 0 Å². The summed E-state index contributed by atoms with van der Waals surface area (Å²) in [5, 5.41) is 5.13. The van der Waals surface area contributed by atoms with Crippen molar-refractivity contribution in [3.63, 3.8) is 0 Å². The number of aryl methyl sites for hydroxylation is 1. The van der Waals surface area contributed by atoms with E-state index in [2.05, 4.69) is 6.92 Å². The van der Waals surface area contributed by atoms with Gasteiger partial charge in [0.1, 0.15) is 10.6 Å². The van der Waals surface area contributed by atoms with E-state index in [9.17, 15) is 13.2 Å². The molecular formula is C13H21N3O3S. The molecule has 1 unspecified atom stereocenters. The first kappa shape index (κ1) is 15.1. The number of carbonyl (C=O) groups is 1. The van der Waals surface area contributed by atoms with Gasteiger partial charge in [0.2, 0.25) is 10.0 Å². The molecule has 1 fully saturated rings. The van der Waals surface area contributed by atoms with Crippen molar-refractivity contribution in [2.75, 3.05) is 13.1 Å². The van der Waals surface area contributed by atoms with Crippen LogP contribution in [0.25, 0.3) is 0 Å². The number of primary sulfonamides is 1. The molecule has 2 N–H and O–H groups in total. The van der Waals surface area contributed by atoms with Gasteiger partial charge in [-0.3, -0.25) is 4.79 Å². The van der Waals surface area contributed by atoms with E-state index in [4.69, 9.17) is 5.14 Å². The molecule has 0 radical (unpaired) electrons. The molecule has 1 aromatic rings. The first-order chi connectivity index (χ1) is 9.32. The lowest BCUT2D eigenvalue weighted by molar-refractivity contribution is 0.0672. The molecule has 1 aromatic heterocycles. The molecule has 0 aromatic carbocycles. The number of sulfonamides is 1. The fraction of sp³-hybridized carbons (Fsp3) is 0.615. The van der Waals surface area contributed by atoms with Gasteiger partial charge in [-0.2, -0.15) is 0 Å². The topological polar surface area (TPSA) is 85.4 Å². The number of nitrogens with two attached hydrogens (primary N) is 1. The van der Waals surface area contributed by atoms with E-state index in [-0.39, 0.29) is 10.8 Å². The highest BCUT2D eigenvalue weighted by Gasteiger charge is 2.25. The first-order valence-corrected chi connectivity index (χ1v) is 8.39. The zero-order chi connectivity index (χ0) is 14.9. The molecule has 2 heterocycles. The van der Waals surface area contributed by atoms with E-state index in [1.807, 2.05) is 6.92 Å². The van der Waals surface area contributed by atoms with Crippen molar-refractivity contribution in [3.05, 3.63) is 18.0 Å². The predicted octanol–water partition coefficient (Wildman–Crippen LogP) is 1.03. The van der Waals surface area contributed by atoms with Crippen LogP contribution >= 0.6 is 0 Å². The highest BCUT2D eigenvalue weighted by molar-refractivity contribution is 7.89. The van der Waals surface area contributed by atoms with Crippen LogP contribution in [-0.4, -0.2) is 36.9 Å². The van der Waals surface area contributed by atoms with Gasteiger partial charge >= 0.3 is 0 Å². The summed E-state index contributed by atoms with van der Waals surface area (Å²) in [7, 11) is -3.78. The SMILES string of the molecule is CCn1cc(S(N)(=O)=O)cc1C(=O)N1CCCC(C)C1. The Kier molecular flexibility index (Phi) is 4.19. The third-order valence-electron chi connectivity index (χ3n) is 3.70. The van der Waals surface area contributed by atoms with Crippen molar-refractivity contribution in [1.82, 2.24) is 9.47 Å². The van der Waals surface area contributed by atoms with E-state index in [0.717, 1.165) is 25.9 Å². The van der Waals surface area contributed by atoms with Gasteiger partial charge < -0.3 is 9.47 Å². The Morgan fingerprint density at radius 1 is 1.50 bits per heavy atom. The van der Waals surface area contributed by atoms with Crippen molar-refractivity contribution in [1.29, 1.82) is 0 Å². The number of likely N-dealkylation sites (tertiary alicyclic amines) is 1. The molecule has 112 valence electrons. The average molecular weight is 299 g/mol. The van der Waals surface area contributed by atoms with Crippen LogP contribution in [0.15, 0.2) is 17.2 Å². The maximum absolute atomic E-state index is 12.5. The Labute approximate surface area is 119 Å². The summed E-state index contributed by atoms with van der Waals surface area (Å²) in [5.41, 5.74) is 0.394. The standard InChI is InChI=1S/C13H21N3O3S/c1-3-15-9-11(20(14,18)19)7-12(15)13(17)16-6-4-5-10(2)8-16/h7,9-10H,3-6,8H2,1-2H3,(H2,14,18,19). The summed E-state index contributed by atoms with van der Waals surface area (Å²) < 4.78 is 24.4. The summed E-state index contributed by atoms with van der Waals surface area (Å²) in [6, 6.07) is 1.38. The monoisotopic (exact) mass is 299 g/mol. The number of rotatable bonds is 3. The summed E-state index contributed by atoms with van der Waals surface area (Å²) in [5.74, 6) is 0.365. The van der Waals surface area contributed by atoms with Crippen LogP contribution in [0.1, 0.15) is 37.2 Å². The fourth-order valence-corrected chi connectivity index (χ4v) is 3.17. The summed E-state index contributed by atoms with van der Waals surface area (Å²) >= 11 is 0. The maximum atomic E-state index is 12.5. The van der Waals surface area contributed by atoms with Crippen LogP contribution in [0.2, 0.25) is 0 Å². The summed E-state index contributed by atoms with van der Waals surface area (Å²) in [6.07, 6.45) is 3.54. The highest BCUT2D eigenvalue weighted by atomic mass is 32.2. The number of amides is 1. The second kappa shape index (κ2) is 5.57. The third kappa shape index (κ3) is 3.04. The quantitative estimate of drug-likeness (QED) is 0.904. The first-order valence-electron chi connectivity index (χ1n) is 6.85. The molecule has 6 nitrogen and oxygen atoms in total. The molecule has 20 heavy (non-hydrogen) atoms. The Hall–Kier alpha value is -1.34. The molecule has 0 bridgehead atoms. The molecule has 0 saturated carbocycles. The Morgan fingerprint density at radius 3 is 2.75 bits per heavy atom. The van der Waals surface area contributed by atoms with Crippen molar-refractivity contribution >= 4 is 15.9 Å². The lowest BCUT2D eigenvalue weighted by atomic mass is 10.00. The largest absolute Gasteiger partial charge is 0.342 e. The number of hydrogen-bond acceptors (Lipinski definition) is 3. The lowest BCUT2D eigenvalue weighted by Crippen LogP contribution is -2.39. The van der Waals surface area contributed by atoms with E-state index in [1.54, 1.807) is 9.47 Å². The van der Waals surface area contributed by atoms with Gasteiger partial charge in [0.25, 0.3) is 5.91 Å². The molecule has 0 aliphatic carbocycles. The van der Waals surface area contributed by atoms with Crippen LogP contribution < -0.4 is 5.14 Å². The third-order valence-corrected chi connectivity index (χ3v) is 4.58. The molecule has 2 rings (SSSR count). The molecule has 7 heteroatoms. The van der Waals surface area contributed by atoms with Crippen LogP contribution in [0.5, 0.6) is 0 Å². The minimum Gasteiger partial charge on any atom is -0.342 e. The minimum absolute atomic E-state index is 0.00671. The second-order valence-electron chi connectivity index (χ2n) is 5.39. The molecule has 1 atom stereocenters. The van der Waals surface area contributed by atoms with Crippen LogP contribution in [0.4, 0.5) is 0 Å². The number of hydrogen-bond donors (Lipinski definition) is 1. The minimum atomic E-state index is -3.78. The van der Waals surface area contributed by atoms with Gasteiger partial charge in [0.05, 0.1) is 0 Å². The van der Waals surface area contributed by atoms with Crippen molar-refractivity contribution in [2.45, 2.75) is 38.1 Å².